The van der Waals surface area contributed by atoms with E-state index in [-0.39, 0.29) is 24.2 Å². The molecule has 2 unspecified atom stereocenters. The molecular formula is C23H20ClN3O2. The van der Waals surface area contributed by atoms with E-state index in [1.54, 1.807) is 24.3 Å². The number of halogens is 1. The Kier molecular flexibility index (Phi) is 6.48. The molecule has 3 rings (SSSR count). The molecule has 0 bridgehead atoms. The van der Waals surface area contributed by atoms with Crippen LogP contribution in [0.2, 0.25) is 0 Å². The van der Waals surface area contributed by atoms with Gasteiger partial charge in [0.05, 0.1) is 12.0 Å². The first-order valence-corrected chi connectivity index (χ1v) is 9.67. The molecule has 0 aliphatic carbocycles. The molecule has 0 fully saturated rings. The van der Waals surface area contributed by atoms with Crippen molar-refractivity contribution in [3.63, 3.8) is 0 Å². The first-order chi connectivity index (χ1) is 14.0. The lowest BCUT2D eigenvalue weighted by atomic mass is 9.81. The summed E-state index contributed by atoms with van der Waals surface area (Å²) in [4.78, 5) is 24.3. The fraction of sp³-hybridized carbons (Fsp3) is 0.174. The number of carbonyl (C=O) groups is 2. The van der Waals surface area contributed by atoms with Gasteiger partial charge in [-0.05, 0) is 34.0 Å². The molecule has 0 heterocycles. The number of nitriles is 1. The summed E-state index contributed by atoms with van der Waals surface area (Å²) in [5.74, 6) is -1.56. The van der Waals surface area contributed by atoms with Crippen LogP contribution in [0.15, 0.2) is 66.7 Å². The molecule has 3 aromatic carbocycles. The molecule has 29 heavy (non-hydrogen) atoms. The van der Waals surface area contributed by atoms with Gasteiger partial charge in [0.1, 0.15) is 6.54 Å². The first kappa shape index (κ1) is 20.4. The van der Waals surface area contributed by atoms with E-state index in [0.29, 0.717) is 11.1 Å². The number of hydrogen-bond donors (Lipinski definition) is 2. The molecule has 146 valence electrons. The second-order valence-corrected chi connectivity index (χ2v) is 7.02. The lowest BCUT2D eigenvalue weighted by Gasteiger charge is -2.26. The molecule has 0 radical (unpaired) electrons. The highest BCUT2D eigenvalue weighted by Crippen LogP contribution is 2.36. The van der Waals surface area contributed by atoms with Crippen molar-refractivity contribution in [1.29, 1.82) is 5.26 Å². The van der Waals surface area contributed by atoms with Crippen LogP contribution in [0.1, 0.15) is 33.3 Å². The third-order valence-corrected chi connectivity index (χ3v) is 5.28. The smallest absolute Gasteiger partial charge is 0.248 e. The molecule has 2 amide bonds. The quantitative estimate of drug-likeness (QED) is 0.463. The van der Waals surface area contributed by atoms with E-state index in [0.717, 1.165) is 16.3 Å². The van der Waals surface area contributed by atoms with Gasteiger partial charge in [-0.15, -0.1) is 11.6 Å². The van der Waals surface area contributed by atoms with E-state index in [4.69, 9.17) is 22.6 Å². The Hall–Kier alpha value is -3.36. The standard InChI is InChI=1S/C23H20ClN3O2/c24-14-20(19-10-5-15-3-1-2-4-18(15)13-19)21(23(29)27-12-11-25)16-6-8-17(9-7-16)22(26)28/h1-10,13,20-21H,12,14H2,(H2,26,28)(H,27,29). The first-order valence-electron chi connectivity index (χ1n) is 9.14. The molecular weight excluding hydrogens is 386 g/mol. The fourth-order valence-corrected chi connectivity index (χ4v) is 3.82. The van der Waals surface area contributed by atoms with E-state index in [9.17, 15) is 9.59 Å². The number of fused-ring (bicyclic) bond motifs is 1. The van der Waals surface area contributed by atoms with E-state index in [1.165, 1.54) is 0 Å². The van der Waals surface area contributed by atoms with Crippen molar-refractivity contribution < 1.29 is 9.59 Å². The number of nitrogens with zero attached hydrogens (tertiary/aromatic N) is 1. The molecule has 3 aromatic rings. The molecule has 0 aliphatic rings. The maximum atomic E-state index is 12.9. The summed E-state index contributed by atoms with van der Waals surface area (Å²) < 4.78 is 0. The number of amides is 2. The summed E-state index contributed by atoms with van der Waals surface area (Å²) in [6.07, 6.45) is 0. The third kappa shape index (κ3) is 4.56. The normalized spacial score (nSPS) is 12.7. The molecule has 0 saturated carbocycles. The molecule has 0 aromatic heterocycles. The number of rotatable bonds is 7. The van der Waals surface area contributed by atoms with Crippen molar-refractivity contribution in [2.75, 3.05) is 12.4 Å². The Balaban J connectivity index is 2.05. The van der Waals surface area contributed by atoms with Crippen LogP contribution in [-0.4, -0.2) is 24.2 Å². The predicted molar refractivity (Wildman–Crippen MR) is 114 cm³/mol. The number of primary amides is 1. The van der Waals surface area contributed by atoms with Gasteiger partial charge in [0.15, 0.2) is 0 Å². The van der Waals surface area contributed by atoms with Crippen molar-refractivity contribution in [3.05, 3.63) is 83.4 Å². The zero-order valence-electron chi connectivity index (χ0n) is 15.6. The molecule has 3 N–H and O–H groups in total. The molecule has 5 nitrogen and oxygen atoms in total. The van der Waals surface area contributed by atoms with Crippen LogP contribution in [0.5, 0.6) is 0 Å². The van der Waals surface area contributed by atoms with E-state index in [2.05, 4.69) is 5.32 Å². The van der Waals surface area contributed by atoms with E-state index < -0.39 is 11.8 Å². The summed E-state index contributed by atoms with van der Waals surface area (Å²) >= 11 is 6.34. The van der Waals surface area contributed by atoms with E-state index in [1.807, 2.05) is 48.5 Å². The number of alkyl halides is 1. The summed E-state index contributed by atoms with van der Waals surface area (Å²) in [6, 6.07) is 22.5. The van der Waals surface area contributed by atoms with Gasteiger partial charge in [0.2, 0.25) is 11.8 Å². The Morgan fingerprint density at radius 2 is 1.66 bits per heavy atom. The summed E-state index contributed by atoms with van der Waals surface area (Å²) in [7, 11) is 0. The van der Waals surface area contributed by atoms with Gasteiger partial charge in [-0.2, -0.15) is 5.26 Å². The number of hydrogen-bond acceptors (Lipinski definition) is 3. The topological polar surface area (TPSA) is 96.0 Å². The summed E-state index contributed by atoms with van der Waals surface area (Å²) in [5, 5.41) is 13.6. The van der Waals surface area contributed by atoms with Crippen LogP contribution >= 0.6 is 11.6 Å². The lowest BCUT2D eigenvalue weighted by Crippen LogP contribution is -2.33. The highest BCUT2D eigenvalue weighted by atomic mass is 35.5. The summed E-state index contributed by atoms with van der Waals surface area (Å²) in [6.45, 7) is -0.0958. The van der Waals surface area contributed by atoms with Crippen molar-refractivity contribution in [2.45, 2.75) is 11.8 Å². The van der Waals surface area contributed by atoms with Gasteiger partial charge < -0.3 is 11.1 Å². The number of nitrogens with two attached hydrogens (primary N) is 1. The van der Waals surface area contributed by atoms with Crippen LogP contribution < -0.4 is 11.1 Å². The Morgan fingerprint density at radius 3 is 2.28 bits per heavy atom. The van der Waals surface area contributed by atoms with Crippen LogP contribution in [0, 0.1) is 11.3 Å². The molecule has 6 heteroatoms. The minimum absolute atomic E-state index is 0.0958. The van der Waals surface area contributed by atoms with Gasteiger partial charge in [0.25, 0.3) is 0 Å². The molecule has 0 spiro atoms. The van der Waals surface area contributed by atoms with Crippen molar-refractivity contribution in [1.82, 2.24) is 5.32 Å². The minimum Gasteiger partial charge on any atom is -0.366 e. The number of carbonyl (C=O) groups excluding carboxylic acids is 2. The average Bonchev–Trinajstić information content (AvgIpc) is 2.75. The zero-order valence-corrected chi connectivity index (χ0v) is 16.4. The van der Waals surface area contributed by atoms with Crippen LogP contribution in [0.25, 0.3) is 10.8 Å². The van der Waals surface area contributed by atoms with E-state index >= 15 is 0 Å². The Labute approximate surface area is 174 Å². The predicted octanol–water partition coefficient (Wildman–Crippen LogP) is 3.68. The average molecular weight is 406 g/mol. The monoisotopic (exact) mass is 405 g/mol. The van der Waals surface area contributed by atoms with Gasteiger partial charge in [-0.3, -0.25) is 9.59 Å². The second kappa shape index (κ2) is 9.22. The van der Waals surface area contributed by atoms with Crippen molar-refractivity contribution >= 4 is 34.2 Å². The maximum Gasteiger partial charge on any atom is 0.248 e. The molecule has 2 atom stereocenters. The lowest BCUT2D eigenvalue weighted by molar-refractivity contribution is -0.122. The highest BCUT2D eigenvalue weighted by Gasteiger charge is 2.31. The van der Waals surface area contributed by atoms with Gasteiger partial charge >= 0.3 is 0 Å². The van der Waals surface area contributed by atoms with Crippen molar-refractivity contribution in [3.8, 4) is 6.07 Å². The maximum absolute atomic E-state index is 12.9. The zero-order chi connectivity index (χ0) is 20.8. The highest BCUT2D eigenvalue weighted by molar-refractivity contribution is 6.18. The van der Waals surface area contributed by atoms with Crippen molar-refractivity contribution in [2.24, 2.45) is 5.73 Å². The third-order valence-electron chi connectivity index (χ3n) is 4.95. The second-order valence-electron chi connectivity index (χ2n) is 6.71. The van der Waals surface area contributed by atoms with Crippen LogP contribution in [-0.2, 0) is 4.79 Å². The Bertz CT molecular complexity index is 1070. The van der Waals surface area contributed by atoms with Crippen LogP contribution in [0.3, 0.4) is 0 Å². The molecule has 0 aliphatic heterocycles. The van der Waals surface area contributed by atoms with Crippen LogP contribution in [0.4, 0.5) is 0 Å². The number of benzene rings is 3. The SMILES string of the molecule is N#CCNC(=O)C(c1ccc(C(N)=O)cc1)C(CCl)c1ccc2ccccc2c1. The van der Waals surface area contributed by atoms with Gasteiger partial charge in [0, 0.05) is 17.4 Å². The fourth-order valence-electron chi connectivity index (χ4n) is 3.47. The minimum atomic E-state index is -0.621. The Morgan fingerprint density at radius 1 is 1.00 bits per heavy atom. The largest absolute Gasteiger partial charge is 0.366 e. The van der Waals surface area contributed by atoms with Gasteiger partial charge in [-0.1, -0.05) is 54.6 Å². The van der Waals surface area contributed by atoms with Gasteiger partial charge in [-0.25, -0.2) is 0 Å². The molecule has 0 saturated heterocycles. The number of nitrogens with one attached hydrogen (secondary N) is 1. The summed E-state index contributed by atoms with van der Waals surface area (Å²) in [5.41, 5.74) is 7.30.